The van der Waals surface area contributed by atoms with Crippen molar-refractivity contribution in [3.63, 3.8) is 0 Å². The Hall–Kier alpha value is -5.44. The van der Waals surface area contributed by atoms with Crippen molar-refractivity contribution in [2.75, 3.05) is 68.6 Å². The number of nitrogens with zero attached hydrogens (tertiary/aromatic N) is 6. The van der Waals surface area contributed by atoms with Crippen molar-refractivity contribution in [3.05, 3.63) is 143 Å². The molecule has 0 amide bonds. The van der Waals surface area contributed by atoms with Gasteiger partial charge in [0.15, 0.2) is 0 Å². The maximum Gasteiger partial charge on any atom is 0.119 e. The van der Waals surface area contributed by atoms with E-state index in [-0.39, 0.29) is 0 Å². The summed E-state index contributed by atoms with van der Waals surface area (Å²) in [7, 11) is 13.2. The molecule has 5 aliphatic rings. The van der Waals surface area contributed by atoms with Crippen LogP contribution < -0.4 is 9.47 Å². The number of hydrogen-bond acceptors (Lipinski definition) is 6. The number of allylic oxidation sites excluding steroid dienone is 12. The van der Waals surface area contributed by atoms with Gasteiger partial charge in [0.05, 0.1) is 114 Å². The Morgan fingerprint density at radius 2 is 0.942 bits per heavy atom. The third kappa shape index (κ3) is 8.70. The molecule has 8 bridgehead atoms. The summed E-state index contributed by atoms with van der Waals surface area (Å²) >= 11 is 0. The number of benzene rings is 2. The first-order valence-electron chi connectivity index (χ1n) is 18.0. The lowest BCUT2D eigenvalue weighted by atomic mass is 9.98. The SMILES string of the molecule is C[N+](C)(C)CCCOc1cccc(C2=C3C=CC(=N3)C=C3C=CC(=N3)C(c3cccc(OCCC[N+](C)(C)C)c3)=C3C=CC(=N3)C=C3C=CC2=N3)c1. The minimum Gasteiger partial charge on any atom is -0.493 e. The van der Waals surface area contributed by atoms with Gasteiger partial charge in [-0.05, 0) is 96.2 Å². The topological polar surface area (TPSA) is 67.9 Å². The Balaban J connectivity index is 1.23. The van der Waals surface area contributed by atoms with Gasteiger partial charge in [-0.3, -0.25) is 0 Å². The molecule has 0 N–H and O–H groups in total. The summed E-state index contributed by atoms with van der Waals surface area (Å²) in [4.78, 5) is 20.3. The van der Waals surface area contributed by atoms with Crippen LogP contribution in [0, 0.1) is 0 Å². The summed E-state index contributed by atoms with van der Waals surface area (Å²) < 4.78 is 14.2. The van der Waals surface area contributed by atoms with Crippen molar-refractivity contribution < 1.29 is 18.4 Å². The van der Waals surface area contributed by atoms with Crippen LogP contribution in [0.15, 0.2) is 152 Å². The van der Waals surface area contributed by atoms with E-state index in [0.29, 0.717) is 13.2 Å². The van der Waals surface area contributed by atoms with E-state index in [1.165, 1.54) is 0 Å². The molecule has 7 rings (SSSR count). The molecule has 2 aromatic carbocycles. The molecular weight excluding hydrogens is 645 g/mol. The number of hydrogen-bond donors (Lipinski definition) is 0. The van der Waals surface area contributed by atoms with Gasteiger partial charge >= 0.3 is 0 Å². The highest BCUT2D eigenvalue weighted by atomic mass is 16.5. The van der Waals surface area contributed by atoms with E-state index in [4.69, 9.17) is 29.4 Å². The number of fused-ring (bicyclic) bond motifs is 4. The monoisotopic (exact) mass is 692 g/mol. The average molecular weight is 693 g/mol. The molecule has 2 aromatic rings. The van der Waals surface area contributed by atoms with E-state index < -0.39 is 0 Å². The van der Waals surface area contributed by atoms with Gasteiger partial charge in [0.25, 0.3) is 0 Å². The van der Waals surface area contributed by atoms with Crippen LogP contribution in [0.1, 0.15) is 24.0 Å². The molecule has 0 saturated carbocycles. The van der Waals surface area contributed by atoms with E-state index in [2.05, 4.69) is 90.9 Å². The predicted octanol–water partition coefficient (Wildman–Crippen LogP) is 7.58. The van der Waals surface area contributed by atoms with Gasteiger partial charge in [0.1, 0.15) is 11.5 Å². The third-order valence-electron chi connectivity index (χ3n) is 8.99. The minimum absolute atomic E-state index is 0.661. The second-order valence-electron chi connectivity index (χ2n) is 15.5. The van der Waals surface area contributed by atoms with Crippen molar-refractivity contribution in [3.8, 4) is 11.5 Å². The van der Waals surface area contributed by atoms with Gasteiger partial charge in [-0.2, -0.15) is 0 Å². The van der Waals surface area contributed by atoms with Gasteiger partial charge < -0.3 is 18.4 Å². The third-order valence-corrected chi connectivity index (χ3v) is 8.99. The molecule has 8 nitrogen and oxygen atoms in total. The van der Waals surface area contributed by atoms with Crippen LogP contribution in [0.4, 0.5) is 0 Å². The highest BCUT2D eigenvalue weighted by Gasteiger charge is 2.23. The largest absolute Gasteiger partial charge is 0.493 e. The molecule has 52 heavy (non-hydrogen) atoms. The molecule has 0 radical (unpaired) electrons. The maximum absolute atomic E-state index is 6.21. The lowest BCUT2D eigenvalue weighted by Crippen LogP contribution is -2.36. The van der Waals surface area contributed by atoms with E-state index in [9.17, 15) is 0 Å². The summed E-state index contributed by atoms with van der Waals surface area (Å²) in [5.41, 5.74) is 10.6. The molecule has 8 heteroatoms. The van der Waals surface area contributed by atoms with Crippen LogP contribution in [-0.2, 0) is 0 Å². The van der Waals surface area contributed by atoms with E-state index in [0.717, 1.165) is 114 Å². The molecule has 0 unspecified atom stereocenters. The van der Waals surface area contributed by atoms with Crippen LogP contribution in [0.2, 0.25) is 0 Å². The zero-order valence-electron chi connectivity index (χ0n) is 31.1. The van der Waals surface area contributed by atoms with Crippen LogP contribution in [-0.4, -0.2) is 100 Å². The normalized spacial score (nSPS) is 17.7. The zero-order chi connectivity index (χ0) is 36.3. The predicted molar refractivity (Wildman–Crippen MR) is 215 cm³/mol. The Kier molecular flexibility index (Phi) is 9.86. The van der Waals surface area contributed by atoms with Gasteiger partial charge in [-0.15, -0.1) is 0 Å². The molecule has 0 atom stereocenters. The fourth-order valence-corrected chi connectivity index (χ4v) is 6.49. The molecule has 0 aliphatic carbocycles. The quantitative estimate of drug-likeness (QED) is 0.170. The zero-order valence-corrected chi connectivity index (χ0v) is 31.1. The lowest BCUT2D eigenvalue weighted by molar-refractivity contribution is -0.870. The first kappa shape index (κ1) is 35.0. The van der Waals surface area contributed by atoms with Crippen molar-refractivity contribution in [2.45, 2.75) is 12.8 Å². The molecule has 0 fully saturated rings. The summed E-state index contributed by atoms with van der Waals surface area (Å²) in [6, 6.07) is 16.5. The second-order valence-corrected chi connectivity index (χ2v) is 15.5. The Morgan fingerprint density at radius 3 is 1.37 bits per heavy atom. The minimum atomic E-state index is 0.661. The summed E-state index contributed by atoms with van der Waals surface area (Å²) in [5, 5.41) is 0. The Bertz CT molecular complexity index is 2000. The molecule has 5 heterocycles. The molecule has 5 aliphatic heterocycles. The molecular formula is C44H48N6O2+2. The molecule has 0 spiro atoms. The fraction of sp³-hybridized carbons (Fsp3) is 0.273. The van der Waals surface area contributed by atoms with Gasteiger partial charge in [-0.25, -0.2) is 20.0 Å². The molecule has 0 aromatic heterocycles. The Labute approximate surface area is 307 Å². The van der Waals surface area contributed by atoms with E-state index in [1.54, 1.807) is 0 Å². The van der Waals surface area contributed by atoms with Crippen molar-refractivity contribution >= 4 is 34.0 Å². The first-order chi connectivity index (χ1) is 25.0. The van der Waals surface area contributed by atoms with Crippen LogP contribution in [0.3, 0.4) is 0 Å². The smallest absolute Gasteiger partial charge is 0.119 e. The summed E-state index contributed by atoms with van der Waals surface area (Å²) in [6.45, 7) is 3.41. The van der Waals surface area contributed by atoms with Gasteiger partial charge in [-0.1, -0.05) is 24.3 Å². The molecule has 264 valence electrons. The van der Waals surface area contributed by atoms with Crippen molar-refractivity contribution in [2.24, 2.45) is 20.0 Å². The average Bonchev–Trinajstić information content (AvgIpc) is 3.92. The number of rotatable bonds is 12. The maximum atomic E-state index is 6.21. The van der Waals surface area contributed by atoms with Crippen LogP contribution >= 0.6 is 0 Å². The van der Waals surface area contributed by atoms with Crippen LogP contribution in [0.25, 0.3) is 11.1 Å². The van der Waals surface area contributed by atoms with Gasteiger partial charge in [0.2, 0.25) is 0 Å². The van der Waals surface area contributed by atoms with E-state index in [1.807, 2.05) is 60.7 Å². The molecule has 0 saturated heterocycles. The van der Waals surface area contributed by atoms with Crippen molar-refractivity contribution in [1.29, 1.82) is 0 Å². The Morgan fingerprint density at radius 1 is 0.500 bits per heavy atom. The van der Waals surface area contributed by atoms with E-state index >= 15 is 0 Å². The summed E-state index contributed by atoms with van der Waals surface area (Å²) in [5.74, 6) is 1.67. The van der Waals surface area contributed by atoms with Gasteiger partial charge in [0, 0.05) is 24.0 Å². The number of quaternary nitrogens is 2. The van der Waals surface area contributed by atoms with Crippen molar-refractivity contribution in [1.82, 2.24) is 0 Å². The fourth-order valence-electron chi connectivity index (χ4n) is 6.49. The highest BCUT2D eigenvalue weighted by molar-refractivity contribution is 6.34. The van der Waals surface area contributed by atoms with Crippen LogP contribution in [0.5, 0.6) is 11.5 Å². The highest BCUT2D eigenvalue weighted by Crippen LogP contribution is 2.34. The number of ether oxygens (including phenoxy) is 2. The lowest BCUT2D eigenvalue weighted by Gasteiger charge is -2.23. The second kappa shape index (κ2) is 14.7. The standard InChI is InChI=1S/C44H48N6O2/c1-49(2,3)23-9-25-51-37-13-7-11-31(27-37)43-39-19-15-33(45-39)29-35-17-21-41(47-35)44(42-22-18-36(48-42)30-34-16-20-40(43)46-34)32-12-8-14-38(28-32)52-26-10-24-50(4,5)6/h7-8,11-22,27-30H,9-10,23-26H2,1-6H3/q+2. The summed E-state index contributed by atoms with van der Waals surface area (Å²) in [6.07, 6.45) is 22.4. The number of aliphatic imine (C=N–C) groups is 4. The first-order valence-corrected chi connectivity index (χ1v) is 18.0.